The Morgan fingerprint density at radius 1 is 1.11 bits per heavy atom. The molecule has 0 saturated carbocycles. The van der Waals surface area contributed by atoms with Crippen molar-refractivity contribution >= 4 is 17.3 Å². The maximum absolute atomic E-state index is 5.98. The summed E-state index contributed by atoms with van der Waals surface area (Å²) in [6, 6.07) is 10.9. The van der Waals surface area contributed by atoms with Crippen LogP contribution in [0.5, 0.6) is 17.2 Å². The lowest BCUT2D eigenvalue weighted by atomic mass is 10.2. The third-order valence-electron chi connectivity index (χ3n) is 2.65. The number of aryl methyl sites for hydroxylation is 1. The van der Waals surface area contributed by atoms with Gasteiger partial charge >= 0.3 is 0 Å². The van der Waals surface area contributed by atoms with Crippen molar-refractivity contribution in [1.82, 2.24) is 0 Å². The van der Waals surface area contributed by atoms with Crippen molar-refractivity contribution in [2.75, 3.05) is 12.3 Å². The summed E-state index contributed by atoms with van der Waals surface area (Å²) in [4.78, 5) is 0. The number of anilines is 1. The number of hydrogen-bond acceptors (Lipinski definition) is 3. The summed E-state index contributed by atoms with van der Waals surface area (Å²) >= 11 is 5.98. The second-order valence-corrected chi connectivity index (χ2v) is 4.55. The maximum Gasteiger partial charge on any atom is 0.145 e. The van der Waals surface area contributed by atoms with Gasteiger partial charge in [-0.05, 0) is 49.7 Å². The minimum absolute atomic E-state index is 0.563. The fourth-order valence-corrected chi connectivity index (χ4v) is 1.79. The highest BCUT2D eigenvalue weighted by atomic mass is 35.5. The quantitative estimate of drug-likeness (QED) is 0.841. The largest absolute Gasteiger partial charge is 0.492 e. The van der Waals surface area contributed by atoms with Crippen LogP contribution < -0.4 is 15.2 Å². The van der Waals surface area contributed by atoms with E-state index in [1.165, 1.54) is 0 Å². The molecule has 0 radical (unpaired) electrons. The topological polar surface area (TPSA) is 44.5 Å². The number of nitrogens with two attached hydrogens (primary N) is 1. The highest BCUT2D eigenvalue weighted by molar-refractivity contribution is 6.31. The van der Waals surface area contributed by atoms with Crippen LogP contribution in [0, 0.1) is 6.92 Å². The molecule has 2 aromatic carbocycles. The van der Waals surface area contributed by atoms with E-state index in [0.29, 0.717) is 23.8 Å². The molecular weight excluding hydrogens is 262 g/mol. The number of halogens is 1. The first-order valence-electron chi connectivity index (χ1n) is 6.06. The molecule has 100 valence electrons. The van der Waals surface area contributed by atoms with Gasteiger partial charge in [0, 0.05) is 11.1 Å². The Morgan fingerprint density at radius 3 is 2.47 bits per heavy atom. The molecule has 0 atom stereocenters. The summed E-state index contributed by atoms with van der Waals surface area (Å²) in [7, 11) is 0. The minimum atomic E-state index is 0.563. The number of rotatable bonds is 4. The average Bonchev–Trinajstić information content (AvgIpc) is 2.38. The van der Waals surface area contributed by atoms with Crippen LogP contribution in [0.2, 0.25) is 5.02 Å². The fourth-order valence-electron chi connectivity index (χ4n) is 1.68. The van der Waals surface area contributed by atoms with Crippen LogP contribution >= 0.6 is 11.6 Å². The van der Waals surface area contributed by atoms with Crippen molar-refractivity contribution in [3.63, 3.8) is 0 Å². The number of benzene rings is 2. The standard InChI is InChI=1S/C15H16ClNO2/c1-3-18-15-9-12(5-7-14(15)17)19-11-4-6-13(16)10(2)8-11/h4-9H,3,17H2,1-2H3. The van der Waals surface area contributed by atoms with E-state index < -0.39 is 0 Å². The normalized spacial score (nSPS) is 10.3. The van der Waals surface area contributed by atoms with Crippen molar-refractivity contribution in [3.05, 3.63) is 47.0 Å². The molecule has 3 nitrogen and oxygen atoms in total. The first-order chi connectivity index (χ1) is 9.10. The Balaban J connectivity index is 2.22. The van der Waals surface area contributed by atoms with Gasteiger partial charge in [0.05, 0.1) is 12.3 Å². The Hall–Kier alpha value is -1.87. The van der Waals surface area contributed by atoms with Crippen molar-refractivity contribution in [2.24, 2.45) is 0 Å². The fraction of sp³-hybridized carbons (Fsp3) is 0.200. The molecule has 2 aromatic rings. The lowest BCUT2D eigenvalue weighted by molar-refractivity contribution is 0.340. The molecule has 0 aliphatic heterocycles. The summed E-state index contributed by atoms with van der Waals surface area (Å²) < 4.78 is 11.2. The van der Waals surface area contributed by atoms with Crippen LogP contribution in [0.1, 0.15) is 12.5 Å². The first-order valence-corrected chi connectivity index (χ1v) is 6.44. The van der Waals surface area contributed by atoms with Crippen LogP contribution in [-0.2, 0) is 0 Å². The summed E-state index contributed by atoms with van der Waals surface area (Å²) in [6.07, 6.45) is 0. The van der Waals surface area contributed by atoms with Crippen molar-refractivity contribution < 1.29 is 9.47 Å². The highest BCUT2D eigenvalue weighted by Gasteiger charge is 2.05. The number of nitrogen functional groups attached to an aromatic ring is 1. The predicted molar refractivity (Wildman–Crippen MR) is 78.3 cm³/mol. The molecule has 19 heavy (non-hydrogen) atoms. The molecule has 0 saturated heterocycles. The minimum Gasteiger partial charge on any atom is -0.492 e. The molecule has 0 aromatic heterocycles. The molecule has 0 heterocycles. The van der Waals surface area contributed by atoms with Gasteiger partial charge in [0.25, 0.3) is 0 Å². The van der Waals surface area contributed by atoms with Crippen LogP contribution in [0.3, 0.4) is 0 Å². The summed E-state index contributed by atoms with van der Waals surface area (Å²) in [5.41, 5.74) is 7.39. The molecule has 2 rings (SSSR count). The van der Waals surface area contributed by atoms with Gasteiger partial charge in [0.2, 0.25) is 0 Å². The lowest BCUT2D eigenvalue weighted by Gasteiger charge is -2.11. The van der Waals surface area contributed by atoms with Crippen LogP contribution in [0.25, 0.3) is 0 Å². The third-order valence-corrected chi connectivity index (χ3v) is 3.07. The first kappa shape index (κ1) is 13.6. The smallest absolute Gasteiger partial charge is 0.145 e. The Kier molecular flexibility index (Phi) is 4.17. The van der Waals surface area contributed by atoms with Crippen molar-refractivity contribution in [3.8, 4) is 17.2 Å². The van der Waals surface area contributed by atoms with Crippen LogP contribution in [0.4, 0.5) is 5.69 Å². The van der Waals surface area contributed by atoms with E-state index in [2.05, 4.69) is 0 Å². The SMILES string of the molecule is CCOc1cc(Oc2ccc(Cl)c(C)c2)ccc1N. The molecule has 4 heteroatoms. The Labute approximate surface area is 117 Å². The van der Waals surface area contributed by atoms with Gasteiger partial charge < -0.3 is 15.2 Å². The van der Waals surface area contributed by atoms with Crippen molar-refractivity contribution in [2.45, 2.75) is 13.8 Å². The van der Waals surface area contributed by atoms with E-state index in [0.717, 1.165) is 16.3 Å². The number of ether oxygens (including phenoxy) is 2. The molecule has 0 bridgehead atoms. The van der Waals surface area contributed by atoms with E-state index in [-0.39, 0.29) is 0 Å². The van der Waals surface area contributed by atoms with Crippen molar-refractivity contribution in [1.29, 1.82) is 0 Å². The second kappa shape index (κ2) is 5.85. The van der Waals surface area contributed by atoms with E-state index in [9.17, 15) is 0 Å². The molecule has 0 aliphatic rings. The Bertz CT molecular complexity index is 584. The molecule has 0 spiro atoms. The van der Waals surface area contributed by atoms with Gasteiger partial charge in [-0.3, -0.25) is 0 Å². The predicted octanol–water partition coefficient (Wildman–Crippen LogP) is 4.42. The van der Waals surface area contributed by atoms with Gasteiger partial charge in [0.1, 0.15) is 17.2 Å². The van der Waals surface area contributed by atoms with Gasteiger partial charge in [-0.1, -0.05) is 11.6 Å². The Morgan fingerprint density at radius 2 is 1.79 bits per heavy atom. The van der Waals surface area contributed by atoms with Gasteiger partial charge in [-0.15, -0.1) is 0 Å². The van der Waals surface area contributed by atoms with E-state index in [1.54, 1.807) is 12.1 Å². The van der Waals surface area contributed by atoms with Gasteiger partial charge in [-0.2, -0.15) is 0 Å². The molecule has 0 amide bonds. The van der Waals surface area contributed by atoms with E-state index in [1.807, 2.05) is 38.1 Å². The van der Waals surface area contributed by atoms with Crippen LogP contribution in [-0.4, -0.2) is 6.61 Å². The highest BCUT2D eigenvalue weighted by Crippen LogP contribution is 2.31. The van der Waals surface area contributed by atoms with Gasteiger partial charge in [-0.25, -0.2) is 0 Å². The molecule has 0 fully saturated rings. The summed E-state index contributed by atoms with van der Waals surface area (Å²) in [5.74, 6) is 2.04. The zero-order chi connectivity index (χ0) is 13.8. The summed E-state index contributed by atoms with van der Waals surface area (Å²) in [5, 5.41) is 0.722. The lowest BCUT2D eigenvalue weighted by Crippen LogP contribution is -1.97. The van der Waals surface area contributed by atoms with E-state index in [4.69, 9.17) is 26.8 Å². The molecule has 0 aliphatic carbocycles. The molecular formula is C15H16ClNO2. The second-order valence-electron chi connectivity index (χ2n) is 4.15. The molecule has 2 N–H and O–H groups in total. The zero-order valence-corrected chi connectivity index (χ0v) is 11.7. The summed E-state index contributed by atoms with van der Waals surface area (Å²) in [6.45, 7) is 4.41. The number of hydrogen-bond donors (Lipinski definition) is 1. The van der Waals surface area contributed by atoms with Crippen LogP contribution in [0.15, 0.2) is 36.4 Å². The monoisotopic (exact) mass is 277 g/mol. The average molecular weight is 278 g/mol. The zero-order valence-electron chi connectivity index (χ0n) is 10.9. The molecule has 0 unspecified atom stereocenters. The third kappa shape index (κ3) is 3.32. The maximum atomic E-state index is 5.98. The van der Waals surface area contributed by atoms with E-state index >= 15 is 0 Å². The van der Waals surface area contributed by atoms with Gasteiger partial charge in [0.15, 0.2) is 0 Å².